The monoisotopic (exact) mass is 226 g/mol. The first-order chi connectivity index (χ1) is 8.13. The Balaban J connectivity index is 2.65. The van der Waals surface area contributed by atoms with Gasteiger partial charge >= 0.3 is 5.97 Å². The fourth-order valence-corrected chi connectivity index (χ4v) is 1.90. The van der Waals surface area contributed by atoms with Crippen molar-refractivity contribution >= 4 is 22.3 Å². The number of esters is 1. The Morgan fingerprint density at radius 2 is 2.00 bits per heavy atom. The van der Waals surface area contributed by atoms with E-state index in [9.17, 15) is 4.79 Å². The number of allylic oxidation sites excluding steroid dienone is 1. The number of benzene rings is 2. The molecule has 0 heterocycles. The average molecular weight is 226 g/mol. The van der Waals surface area contributed by atoms with Crippen molar-refractivity contribution in [2.24, 2.45) is 0 Å². The number of ether oxygens (including phenoxy) is 1. The van der Waals surface area contributed by atoms with E-state index in [1.165, 1.54) is 7.11 Å². The smallest absolute Gasteiger partial charge is 0.337 e. The summed E-state index contributed by atoms with van der Waals surface area (Å²) in [7, 11) is 1.39. The van der Waals surface area contributed by atoms with Crippen LogP contribution in [0.2, 0.25) is 0 Å². The van der Waals surface area contributed by atoms with E-state index >= 15 is 0 Å². The molecule has 2 aromatic rings. The predicted molar refractivity (Wildman–Crippen MR) is 70.0 cm³/mol. The molecule has 0 saturated heterocycles. The summed E-state index contributed by atoms with van der Waals surface area (Å²) in [5.41, 5.74) is 2.69. The van der Waals surface area contributed by atoms with E-state index in [0.717, 1.165) is 21.9 Å². The van der Waals surface area contributed by atoms with E-state index in [-0.39, 0.29) is 5.97 Å². The van der Waals surface area contributed by atoms with Gasteiger partial charge in [-0.3, -0.25) is 0 Å². The molecule has 2 nitrogen and oxygen atoms in total. The van der Waals surface area contributed by atoms with Gasteiger partial charge < -0.3 is 4.74 Å². The van der Waals surface area contributed by atoms with Gasteiger partial charge in [-0.05, 0) is 35.4 Å². The normalized spacial score (nSPS) is 10.2. The molecule has 86 valence electrons. The summed E-state index contributed by atoms with van der Waals surface area (Å²) in [6.45, 7) is 5.93. The SMILES string of the molecule is C=C(C)c1cccc2cc(C(=O)OC)ccc12. The van der Waals surface area contributed by atoms with Gasteiger partial charge in [0.2, 0.25) is 0 Å². The summed E-state index contributed by atoms with van der Waals surface area (Å²) in [4.78, 5) is 11.4. The third-order valence-electron chi connectivity index (χ3n) is 2.76. The fourth-order valence-electron chi connectivity index (χ4n) is 1.90. The van der Waals surface area contributed by atoms with Crippen molar-refractivity contribution in [2.45, 2.75) is 6.92 Å². The van der Waals surface area contributed by atoms with Crippen LogP contribution in [0.3, 0.4) is 0 Å². The van der Waals surface area contributed by atoms with Crippen LogP contribution in [0.1, 0.15) is 22.8 Å². The third-order valence-corrected chi connectivity index (χ3v) is 2.76. The quantitative estimate of drug-likeness (QED) is 0.730. The standard InChI is InChI=1S/C15H14O2/c1-10(2)13-6-4-5-11-9-12(15(16)17-3)7-8-14(11)13/h4-9H,1H2,2-3H3. The molecule has 2 aromatic carbocycles. The van der Waals surface area contributed by atoms with Gasteiger partial charge in [-0.25, -0.2) is 4.79 Å². The molecule has 2 rings (SSSR count). The molecule has 0 unspecified atom stereocenters. The molecule has 0 N–H and O–H groups in total. The molecular formula is C15H14O2. The summed E-state index contributed by atoms with van der Waals surface area (Å²) < 4.78 is 4.71. The van der Waals surface area contributed by atoms with Crippen molar-refractivity contribution in [3.05, 3.63) is 54.1 Å². The Hall–Kier alpha value is -2.09. The summed E-state index contributed by atoms with van der Waals surface area (Å²) in [6.07, 6.45) is 0. The van der Waals surface area contributed by atoms with Crippen LogP contribution in [0.15, 0.2) is 43.0 Å². The Labute approximate surface area is 101 Å². The van der Waals surface area contributed by atoms with Gasteiger partial charge in [0.25, 0.3) is 0 Å². The van der Waals surface area contributed by atoms with Crippen molar-refractivity contribution in [2.75, 3.05) is 7.11 Å². The second-order valence-electron chi connectivity index (χ2n) is 4.01. The molecule has 0 spiro atoms. The average Bonchev–Trinajstić information content (AvgIpc) is 2.36. The number of methoxy groups -OCH3 is 1. The van der Waals surface area contributed by atoms with Crippen molar-refractivity contribution < 1.29 is 9.53 Å². The highest BCUT2D eigenvalue weighted by molar-refractivity contribution is 5.99. The van der Waals surface area contributed by atoms with Gasteiger partial charge in [-0.2, -0.15) is 0 Å². The van der Waals surface area contributed by atoms with Gasteiger partial charge in [-0.1, -0.05) is 36.4 Å². The zero-order chi connectivity index (χ0) is 12.4. The first-order valence-electron chi connectivity index (χ1n) is 5.40. The molecule has 2 heteroatoms. The van der Waals surface area contributed by atoms with E-state index in [1.54, 1.807) is 6.07 Å². The Kier molecular flexibility index (Phi) is 2.96. The second-order valence-corrected chi connectivity index (χ2v) is 4.01. The van der Waals surface area contributed by atoms with Crippen LogP contribution in [-0.2, 0) is 4.74 Å². The van der Waals surface area contributed by atoms with Crippen LogP contribution in [0.5, 0.6) is 0 Å². The minimum atomic E-state index is -0.312. The number of carbonyl (C=O) groups excluding carboxylic acids is 1. The van der Waals surface area contributed by atoms with Crippen LogP contribution in [0.25, 0.3) is 16.3 Å². The van der Waals surface area contributed by atoms with Gasteiger partial charge in [0.15, 0.2) is 0 Å². The van der Waals surface area contributed by atoms with Crippen LogP contribution >= 0.6 is 0 Å². The Morgan fingerprint density at radius 3 is 2.65 bits per heavy atom. The Bertz CT molecular complexity index is 597. The lowest BCUT2D eigenvalue weighted by Crippen LogP contribution is -2.00. The Morgan fingerprint density at radius 1 is 1.24 bits per heavy atom. The fraction of sp³-hybridized carbons (Fsp3) is 0.133. The number of hydrogen-bond acceptors (Lipinski definition) is 2. The molecule has 0 saturated carbocycles. The largest absolute Gasteiger partial charge is 0.465 e. The molecular weight excluding hydrogens is 212 g/mol. The second kappa shape index (κ2) is 4.42. The predicted octanol–water partition coefficient (Wildman–Crippen LogP) is 3.66. The summed E-state index contributed by atoms with van der Waals surface area (Å²) in [5, 5.41) is 2.13. The summed E-state index contributed by atoms with van der Waals surface area (Å²) in [5.74, 6) is -0.312. The first-order valence-corrected chi connectivity index (χ1v) is 5.40. The number of fused-ring (bicyclic) bond motifs is 1. The van der Waals surface area contributed by atoms with Crippen molar-refractivity contribution in [3.63, 3.8) is 0 Å². The molecule has 0 bridgehead atoms. The minimum Gasteiger partial charge on any atom is -0.465 e. The molecule has 0 aliphatic rings. The molecule has 0 radical (unpaired) electrons. The number of rotatable bonds is 2. The lowest BCUT2D eigenvalue weighted by molar-refractivity contribution is 0.0601. The zero-order valence-corrected chi connectivity index (χ0v) is 9.99. The van der Waals surface area contributed by atoms with E-state index in [0.29, 0.717) is 5.56 Å². The molecule has 0 amide bonds. The summed E-state index contributed by atoms with van der Waals surface area (Å²) >= 11 is 0. The van der Waals surface area contributed by atoms with Crippen LogP contribution in [-0.4, -0.2) is 13.1 Å². The van der Waals surface area contributed by atoms with Crippen molar-refractivity contribution in [3.8, 4) is 0 Å². The summed E-state index contributed by atoms with van der Waals surface area (Å²) in [6, 6.07) is 11.5. The lowest BCUT2D eigenvalue weighted by atomic mass is 9.98. The zero-order valence-electron chi connectivity index (χ0n) is 9.99. The molecule has 0 aliphatic carbocycles. The van der Waals surface area contributed by atoms with Gasteiger partial charge in [0, 0.05) is 0 Å². The van der Waals surface area contributed by atoms with Crippen molar-refractivity contribution in [1.29, 1.82) is 0 Å². The van der Waals surface area contributed by atoms with E-state index in [1.807, 2.05) is 37.3 Å². The highest BCUT2D eigenvalue weighted by atomic mass is 16.5. The van der Waals surface area contributed by atoms with Crippen LogP contribution < -0.4 is 0 Å². The van der Waals surface area contributed by atoms with Gasteiger partial charge in [-0.15, -0.1) is 0 Å². The molecule has 0 atom stereocenters. The number of hydrogen-bond donors (Lipinski definition) is 0. The van der Waals surface area contributed by atoms with Gasteiger partial charge in [0.1, 0.15) is 0 Å². The van der Waals surface area contributed by atoms with E-state index < -0.39 is 0 Å². The number of carbonyl (C=O) groups is 1. The molecule has 0 aromatic heterocycles. The first kappa shape index (κ1) is 11.4. The molecule has 0 aliphatic heterocycles. The van der Waals surface area contributed by atoms with Crippen LogP contribution in [0, 0.1) is 0 Å². The minimum absolute atomic E-state index is 0.312. The topological polar surface area (TPSA) is 26.3 Å². The third kappa shape index (κ3) is 2.07. The lowest BCUT2D eigenvalue weighted by Gasteiger charge is -2.07. The van der Waals surface area contributed by atoms with E-state index in [4.69, 9.17) is 4.74 Å². The molecule has 17 heavy (non-hydrogen) atoms. The highest BCUT2D eigenvalue weighted by Crippen LogP contribution is 2.25. The van der Waals surface area contributed by atoms with Gasteiger partial charge in [0.05, 0.1) is 12.7 Å². The highest BCUT2D eigenvalue weighted by Gasteiger charge is 2.07. The van der Waals surface area contributed by atoms with Crippen molar-refractivity contribution in [1.82, 2.24) is 0 Å². The molecule has 0 fully saturated rings. The van der Waals surface area contributed by atoms with Crippen LogP contribution in [0.4, 0.5) is 0 Å². The maximum absolute atomic E-state index is 11.4. The maximum atomic E-state index is 11.4. The van der Waals surface area contributed by atoms with E-state index in [2.05, 4.69) is 6.58 Å². The maximum Gasteiger partial charge on any atom is 0.337 e.